The van der Waals surface area contributed by atoms with Gasteiger partial charge in [0.25, 0.3) is 0 Å². The first-order chi connectivity index (χ1) is 14.3. The van der Waals surface area contributed by atoms with Gasteiger partial charge in [-0.3, -0.25) is 5.32 Å². The van der Waals surface area contributed by atoms with Crippen LogP contribution >= 0.6 is 22.9 Å². The molecule has 2 aromatic heterocycles. The minimum atomic E-state index is -0.629. The molecule has 0 radical (unpaired) electrons. The number of aromatic nitrogens is 3. The Kier molecular flexibility index (Phi) is 6.85. The number of carbonyl (C=O) groups is 2. The Morgan fingerprint density at radius 2 is 2.20 bits per heavy atom. The summed E-state index contributed by atoms with van der Waals surface area (Å²) in [7, 11) is 3.15. The maximum absolute atomic E-state index is 13.2. The Balaban J connectivity index is 1.49. The normalized spacial score (nSPS) is 10.5. The molecule has 1 aromatic carbocycles. The van der Waals surface area contributed by atoms with Crippen LogP contribution in [0, 0.1) is 5.82 Å². The lowest BCUT2D eigenvalue weighted by Gasteiger charge is -2.15. The molecule has 2 N–H and O–H groups in total. The molecule has 0 saturated heterocycles. The van der Waals surface area contributed by atoms with Crippen LogP contribution < -0.4 is 15.4 Å². The topological polar surface area (TPSA) is 101 Å². The van der Waals surface area contributed by atoms with Crippen LogP contribution in [-0.4, -0.2) is 38.8 Å². The zero-order valence-corrected chi connectivity index (χ0v) is 17.6. The summed E-state index contributed by atoms with van der Waals surface area (Å²) in [6, 6.07) is 5.48. The smallest absolute Gasteiger partial charge is 0.390 e. The maximum atomic E-state index is 13.2. The molecule has 3 amide bonds. The number of benzene rings is 1. The number of hydrogen-bond acceptors (Lipinski definition) is 6. The monoisotopic (exact) mass is 452 g/mol. The first-order valence-electron chi connectivity index (χ1n) is 8.66. The summed E-state index contributed by atoms with van der Waals surface area (Å²) in [6.45, 7) is 0.338. The molecule has 30 heavy (non-hydrogen) atoms. The van der Waals surface area contributed by atoms with Crippen molar-refractivity contribution in [2.75, 3.05) is 12.4 Å². The molecule has 0 spiro atoms. The van der Waals surface area contributed by atoms with Crippen molar-refractivity contribution in [3.8, 4) is 5.88 Å². The second-order valence-electron chi connectivity index (χ2n) is 6.23. The van der Waals surface area contributed by atoms with E-state index < -0.39 is 12.1 Å². The molecule has 0 aliphatic heterocycles. The number of nitrogens with zero attached hydrogens (tertiary/aromatic N) is 4. The van der Waals surface area contributed by atoms with Crippen LogP contribution in [0.5, 0.6) is 5.88 Å². The fraction of sp³-hybridized carbons (Fsp3) is 0.222. The van der Waals surface area contributed by atoms with Crippen molar-refractivity contribution in [2.45, 2.75) is 13.1 Å². The van der Waals surface area contributed by atoms with Gasteiger partial charge in [0.05, 0.1) is 18.4 Å². The second-order valence-corrected chi connectivity index (χ2v) is 7.49. The molecule has 0 fully saturated rings. The van der Waals surface area contributed by atoms with E-state index in [1.807, 2.05) is 0 Å². The van der Waals surface area contributed by atoms with Gasteiger partial charge in [0.2, 0.25) is 5.88 Å². The van der Waals surface area contributed by atoms with E-state index in [0.717, 1.165) is 0 Å². The maximum Gasteiger partial charge on any atom is 0.416 e. The summed E-state index contributed by atoms with van der Waals surface area (Å²) in [5.41, 5.74) is 1.20. The molecule has 158 valence electrons. The van der Waals surface area contributed by atoms with Crippen LogP contribution in [0.1, 0.15) is 11.3 Å². The van der Waals surface area contributed by atoms with Gasteiger partial charge in [0.1, 0.15) is 10.8 Å². The minimum absolute atomic E-state index is 0.143. The minimum Gasteiger partial charge on any atom is -0.390 e. The predicted octanol–water partition coefficient (Wildman–Crippen LogP) is 3.62. The number of aryl methyl sites for hydroxylation is 1. The van der Waals surface area contributed by atoms with Crippen molar-refractivity contribution in [2.24, 2.45) is 7.05 Å². The van der Waals surface area contributed by atoms with Gasteiger partial charge < -0.3 is 15.0 Å². The molecule has 0 saturated carbocycles. The molecule has 0 atom stereocenters. The summed E-state index contributed by atoms with van der Waals surface area (Å²) in [4.78, 5) is 29.8. The van der Waals surface area contributed by atoms with Gasteiger partial charge >= 0.3 is 12.1 Å². The van der Waals surface area contributed by atoms with Crippen molar-refractivity contribution < 1.29 is 18.7 Å². The highest BCUT2D eigenvalue weighted by Crippen LogP contribution is 2.23. The molecule has 0 aliphatic rings. The van der Waals surface area contributed by atoms with E-state index in [0.29, 0.717) is 16.4 Å². The van der Waals surface area contributed by atoms with Crippen LogP contribution in [0.25, 0.3) is 0 Å². The van der Waals surface area contributed by atoms with E-state index in [4.69, 9.17) is 16.3 Å². The van der Waals surface area contributed by atoms with E-state index in [2.05, 4.69) is 20.7 Å². The molecule has 9 nitrogen and oxygen atoms in total. The molecule has 0 unspecified atom stereocenters. The number of thiazole rings is 1. The number of halogens is 2. The van der Waals surface area contributed by atoms with Crippen molar-refractivity contribution >= 4 is 40.2 Å². The number of rotatable bonds is 6. The second kappa shape index (κ2) is 9.55. The largest absolute Gasteiger partial charge is 0.416 e. The summed E-state index contributed by atoms with van der Waals surface area (Å²) in [5, 5.41) is 11.4. The van der Waals surface area contributed by atoms with Gasteiger partial charge in [-0.1, -0.05) is 23.7 Å². The van der Waals surface area contributed by atoms with Crippen molar-refractivity contribution in [3.63, 3.8) is 0 Å². The van der Waals surface area contributed by atoms with E-state index in [9.17, 15) is 14.0 Å². The Labute approximate surface area is 180 Å². The Bertz CT molecular complexity index is 1040. The van der Waals surface area contributed by atoms with Gasteiger partial charge in [0.15, 0.2) is 5.13 Å². The fourth-order valence-electron chi connectivity index (χ4n) is 2.39. The zero-order valence-electron chi connectivity index (χ0n) is 16.1. The first-order valence-corrected chi connectivity index (χ1v) is 9.91. The predicted molar refractivity (Wildman–Crippen MR) is 110 cm³/mol. The van der Waals surface area contributed by atoms with Gasteiger partial charge in [-0.05, 0) is 17.7 Å². The standard InChI is InChI=1S/C18H18ClFN6O3S/c1-25(18(28)29-15-14(19)8-22-26(15)2)9-13-10-30-17(23-13)24-16(27)21-7-11-4-3-5-12(20)6-11/h3-6,8,10H,7,9H2,1-2H3,(H2,21,23,24,27). The molecule has 0 aliphatic carbocycles. The number of carbonyl (C=O) groups excluding carboxylic acids is 2. The lowest BCUT2D eigenvalue weighted by molar-refractivity contribution is 0.156. The molecular weight excluding hydrogens is 435 g/mol. The van der Waals surface area contributed by atoms with E-state index in [1.165, 1.54) is 39.2 Å². The van der Waals surface area contributed by atoms with Crippen LogP contribution in [-0.2, 0) is 20.1 Å². The lowest BCUT2D eigenvalue weighted by atomic mass is 10.2. The quantitative estimate of drug-likeness (QED) is 0.594. The highest BCUT2D eigenvalue weighted by Gasteiger charge is 2.18. The molecular formula is C18H18ClFN6O3S. The summed E-state index contributed by atoms with van der Waals surface area (Å²) < 4.78 is 19.7. The van der Waals surface area contributed by atoms with Crippen LogP contribution in [0.4, 0.5) is 19.1 Å². The summed E-state index contributed by atoms with van der Waals surface area (Å²) in [6.07, 6.45) is 0.748. The van der Waals surface area contributed by atoms with Crippen LogP contribution in [0.2, 0.25) is 5.02 Å². The average Bonchev–Trinajstić information content (AvgIpc) is 3.27. The Morgan fingerprint density at radius 3 is 2.90 bits per heavy atom. The number of amides is 3. The number of urea groups is 1. The summed E-state index contributed by atoms with van der Waals surface area (Å²) >= 11 is 7.13. The summed E-state index contributed by atoms with van der Waals surface area (Å²) in [5.74, 6) is -0.225. The number of anilines is 1. The van der Waals surface area contributed by atoms with E-state index in [1.54, 1.807) is 31.6 Å². The van der Waals surface area contributed by atoms with Gasteiger partial charge in [-0.25, -0.2) is 23.6 Å². The van der Waals surface area contributed by atoms with Gasteiger partial charge in [-0.15, -0.1) is 11.3 Å². The third-order valence-corrected chi connectivity index (χ3v) is 4.92. The number of nitrogens with one attached hydrogen (secondary N) is 2. The zero-order chi connectivity index (χ0) is 21.7. The molecule has 3 aromatic rings. The van der Waals surface area contributed by atoms with Crippen LogP contribution in [0.15, 0.2) is 35.8 Å². The lowest BCUT2D eigenvalue weighted by Crippen LogP contribution is -2.30. The first kappa shape index (κ1) is 21.5. The highest BCUT2D eigenvalue weighted by molar-refractivity contribution is 7.13. The van der Waals surface area contributed by atoms with Crippen LogP contribution in [0.3, 0.4) is 0 Å². The third-order valence-electron chi connectivity index (χ3n) is 3.85. The van der Waals surface area contributed by atoms with E-state index >= 15 is 0 Å². The molecule has 0 bridgehead atoms. The highest BCUT2D eigenvalue weighted by atomic mass is 35.5. The van der Waals surface area contributed by atoms with Crippen molar-refractivity contribution in [1.82, 2.24) is 25.0 Å². The third kappa shape index (κ3) is 5.67. The number of ether oxygens (including phenoxy) is 1. The van der Waals surface area contributed by atoms with Crippen molar-refractivity contribution in [3.05, 3.63) is 57.9 Å². The fourth-order valence-corrected chi connectivity index (χ4v) is 3.29. The average molecular weight is 453 g/mol. The number of hydrogen-bond donors (Lipinski definition) is 2. The molecule has 2 heterocycles. The molecule has 3 rings (SSSR count). The van der Waals surface area contributed by atoms with Crippen molar-refractivity contribution in [1.29, 1.82) is 0 Å². The van der Waals surface area contributed by atoms with Gasteiger partial charge in [0, 0.05) is 26.0 Å². The molecule has 12 heteroatoms. The van der Waals surface area contributed by atoms with E-state index in [-0.39, 0.29) is 29.8 Å². The van der Waals surface area contributed by atoms with Gasteiger partial charge in [-0.2, -0.15) is 5.10 Å². The Hall–Kier alpha value is -3.18. The Morgan fingerprint density at radius 1 is 1.40 bits per heavy atom. The SMILES string of the molecule is CN(Cc1csc(NC(=O)NCc2cccc(F)c2)n1)C(=O)Oc1c(Cl)cnn1C.